The summed E-state index contributed by atoms with van der Waals surface area (Å²) in [6.45, 7) is 0. The van der Waals surface area contributed by atoms with Crippen LogP contribution in [-0.4, -0.2) is 11.5 Å². The van der Waals surface area contributed by atoms with Gasteiger partial charge in [-0.2, -0.15) is 11.8 Å². The van der Waals surface area contributed by atoms with Gasteiger partial charge in [0.05, 0.1) is 0 Å². The van der Waals surface area contributed by atoms with Crippen LogP contribution in [0.3, 0.4) is 0 Å². The fourth-order valence-electron chi connectivity index (χ4n) is 1.70. The lowest BCUT2D eigenvalue weighted by molar-refractivity contribution is 1.64. The standard InChI is InChI=1S/C18H18S/c1-3-9-17(10-4-1)13-7-15-19-16-8-14-18-11-5-2-6-12-18/h1-14H,15-16H2/b13-7+,14-8+. The fraction of sp³-hybridized carbons (Fsp3) is 0.111. The summed E-state index contributed by atoms with van der Waals surface area (Å²) in [7, 11) is 0. The number of thioether (sulfide) groups is 1. The average molecular weight is 266 g/mol. The van der Waals surface area contributed by atoms with Crippen LogP contribution in [0.1, 0.15) is 11.1 Å². The lowest BCUT2D eigenvalue weighted by Crippen LogP contribution is -1.76. The van der Waals surface area contributed by atoms with Gasteiger partial charge in [0, 0.05) is 11.5 Å². The maximum atomic E-state index is 2.22. The molecule has 2 aromatic carbocycles. The molecule has 0 aromatic heterocycles. The number of hydrogen-bond donors (Lipinski definition) is 0. The van der Waals surface area contributed by atoms with Crippen molar-refractivity contribution in [2.75, 3.05) is 11.5 Å². The molecule has 2 aromatic rings. The molecule has 0 radical (unpaired) electrons. The van der Waals surface area contributed by atoms with Crippen LogP contribution in [0.25, 0.3) is 12.2 Å². The third-order valence-electron chi connectivity index (χ3n) is 2.65. The molecule has 0 saturated carbocycles. The Morgan fingerprint density at radius 1 is 0.632 bits per heavy atom. The minimum Gasteiger partial charge on any atom is -0.154 e. The van der Waals surface area contributed by atoms with Gasteiger partial charge >= 0.3 is 0 Å². The van der Waals surface area contributed by atoms with Crippen LogP contribution >= 0.6 is 11.8 Å². The summed E-state index contributed by atoms with van der Waals surface area (Å²) in [4.78, 5) is 0. The highest BCUT2D eigenvalue weighted by molar-refractivity contribution is 7.99. The van der Waals surface area contributed by atoms with E-state index in [0.29, 0.717) is 0 Å². The van der Waals surface area contributed by atoms with E-state index in [1.165, 1.54) is 11.1 Å². The Kier molecular flexibility index (Phi) is 6.04. The highest BCUT2D eigenvalue weighted by Gasteiger charge is 1.85. The maximum absolute atomic E-state index is 2.22. The topological polar surface area (TPSA) is 0 Å². The summed E-state index contributed by atoms with van der Waals surface area (Å²) >= 11 is 1.92. The normalized spacial score (nSPS) is 11.4. The van der Waals surface area contributed by atoms with Crippen LogP contribution in [0.2, 0.25) is 0 Å². The molecule has 0 aliphatic heterocycles. The van der Waals surface area contributed by atoms with E-state index in [4.69, 9.17) is 0 Å². The Labute approximate surface area is 119 Å². The molecule has 0 unspecified atom stereocenters. The molecule has 0 nitrogen and oxygen atoms in total. The van der Waals surface area contributed by atoms with Crippen LogP contribution in [0.5, 0.6) is 0 Å². The third-order valence-corrected chi connectivity index (χ3v) is 3.50. The van der Waals surface area contributed by atoms with Crippen molar-refractivity contribution >= 4 is 23.9 Å². The summed E-state index contributed by atoms with van der Waals surface area (Å²) in [6.07, 6.45) is 8.79. The van der Waals surface area contributed by atoms with Crippen molar-refractivity contribution in [1.29, 1.82) is 0 Å². The zero-order valence-electron chi connectivity index (χ0n) is 10.9. The van der Waals surface area contributed by atoms with Gasteiger partial charge in [-0.1, -0.05) is 85.0 Å². The van der Waals surface area contributed by atoms with Crippen LogP contribution in [0.4, 0.5) is 0 Å². The SMILES string of the molecule is C(=C\c1ccccc1)/CSC/C=C/c1ccccc1. The Morgan fingerprint density at radius 3 is 1.47 bits per heavy atom. The predicted molar refractivity (Wildman–Crippen MR) is 88.3 cm³/mol. The van der Waals surface area contributed by atoms with E-state index in [-0.39, 0.29) is 0 Å². The van der Waals surface area contributed by atoms with Crippen LogP contribution in [0.15, 0.2) is 72.8 Å². The second-order valence-corrected chi connectivity index (χ2v) is 5.24. The maximum Gasteiger partial charge on any atom is 0.0119 e. The lowest BCUT2D eigenvalue weighted by Gasteiger charge is -1.94. The molecule has 0 amide bonds. The average Bonchev–Trinajstić information content (AvgIpc) is 2.48. The molecule has 0 heterocycles. The van der Waals surface area contributed by atoms with Crippen LogP contribution in [-0.2, 0) is 0 Å². The van der Waals surface area contributed by atoms with Gasteiger partial charge in [0.2, 0.25) is 0 Å². The van der Waals surface area contributed by atoms with Crippen molar-refractivity contribution in [2.45, 2.75) is 0 Å². The van der Waals surface area contributed by atoms with Gasteiger partial charge < -0.3 is 0 Å². The largest absolute Gasteiger partial charge is 0.154 e. The quantitative estimate of drug-likeness (QED) is 0.652. The Bertz CT molecular complexity index is 462. The molecule has 96 valence electrons. The zero-order chi connectivity index (χ0) is 13.2. The lowest BCUT2D eigenvalue weighted by atomic mass is 10.2. The van der Waals surface area contributed by atoms with Crippen molar-refractivity contribution in [3.8, 4) is 0 Å². The van der Waals surface area contributed by atoms with E-state index < -0.39 is 0 Å². The summed E-state index contributed by atoms with van der Waals surface area (Å²) in [5.41, 5.74) is 2.53. The molecule has 19 heavy (non-hydrogen) atoms. The van der Waals surface area contributed by atoms with E-state index in [1.54, 1.807) is 0 Å². The van der Waals surface area contributed by atoms with Crippen molar-refractivity contribution in [1.82, 2.24) is 0 Å². The monoisotopic (exact) mass is 266 g/mol. The van der Waals surface area contributed by atoms with Crippen molar-refractivity contribution in [3.63, 3.8) is 0 Å². The van der Waals surface area contributed by atoms with Crippen molar-refractivity contribution in [2.24, 2.45) is 0 Å². The van der Waals surface area contributed by atoms with Gasteiger partial charge in [-0.15, -0.1) is 0 Å². The molecule has 0 atom stereocenters. The molecule has 0 saturated heterocycles. The van der Waals surface area contributed by atoms with Gasteiger partial charge in [-0.3, -0.25) is 0 Å². The Balaban J connectivity index is 1.65. The van der Waals surface area contributed by atoms with E-state index >= 15 is 0 Å². The molecular weight excluding hydrogens is 248 g/mol. The molecule has 2 rings (SSSR count). The fourth-order valence-corrected chi connectivity index (χ4v) is 2.30. The van der Waals surface area contributed by atoms with Gasteiger partial charge in [-0.25, -0.2) is 0 Å². The molecule has 0 N–H and O–H groups in total. The first-order valence-electron chi connectivity index (χ1n) is 6.46. The highest BCUT2D eigenvalue weighted by atomic mass is 32.2. The van der Waals surface area contributed by atoms with E-state index in [1.807, 2.05) is 23.9 Å². The first kappa shape index (κ1) is 13.7. The third kappa shape index (κ3) is 5.62. The Morgan fingerprint density at radius 2 is 1.05 bits per heavy atom. The first-order chi connectivity index (χ1) is 9.45. The molecule has 0 spiro atoms. The second kappa shape index (κ2) is 8.39. The van der Waals surface area contributed by atoms with Gasteiger partial charge in [0.25, 0.3) is 0 Å². The second-order valence-electron chi connectivity index (χ2n) is 4.16. The zero-order valence-corrected chi connectivity index (χ0v) is 11.7. The van der Waals surface area contributed by atoms with Gasteiger partial charge in [0.1, 0.15) is 0 Å². The smallest absolute Gasteiger partial charge is 0.0119 e. The number of benzene rings is 2. The van der Waals surface area contributed by atoms with E-state index in [2.05, 4.69) is 72.8 Å². The minimum atomic E-state index is 1.05. The van der Waals surface area contributed by atoms with E-state index in [9.17, 15) is 0 Å². The molecule has 0 aliphatic rings. The summed E-state index contributed by atoms with van der Waals surface area (Å²) in [6, 6.07) is 20.8. The van der Waals surface area contributed by atoms with Crippen molar-refractivity contribution < 1.29 is 0 Å². The summed E-state index contributed by atoms with van der Waals surface area (Å²) in [5.74, 6) is 2.10. The molecule has 0 bridgehead atoms. The number of hydrogen-bond acceptors (Lipinski definition) is 1. The molecular formula is C18H18S. The summed E-state index contributed by atoms with van der Waals surface area (Å²) < 4.78 is 0. The van der Waals surface area contributed by atoms with Crippen LogP contribution < -0.4 is 0 Å². The highest BCUT2D eigenvalue weighted by Crippen LogP contribution is 2.07. The number of rotatable bonds is 6. The minimum absolute atomic E-state index is 1.05. The summed E-state index contributed by atoms with van der Waals surface area (Å²) in [5, 5.41) is 0. The van der Waals surface area contributed by atoms with Gasteiger partial charge in [0.15, 0.2) is 0 Å². The first-order valence-corrected chi connectivity index (χ1v) is 7.61. The molecule has 1 heteroatoms. The Hall–Kier alpha value is -1.73. The van der Waals surface area contributed by atoms with Crippen LogP contribution in [0, 0.1) is 0 Å². The molecule has 0 aliphatic carbocycles. The van der Waals surface area contributed by atoms with E-state index in [0.717, 1.165) is 11.5 Å². The molecule has 0 fully saturated rings. The predicted octanol–water partition coefficient (Wildman–Crippen LogP) is 5.15. The van der Waals surface area contributed by atoms with Crippen molar-refractivity contribution in [3.05, 3.63) is 83.9 Å². The van der Waals surface area contributed by atoms with Gasteiger partial charge in [-0.05, 0) is 11.1 Å².